The minimum absolute atomic E-state index is 0.0809. The summed E-state index contributed by atoms with van der Waals surface area (Å²) >= 11 is 6.26. The standard InChI is InChI=1S/C25H23ClN2O3/c26-20-12-13-22-21(16-20)25(23(29)28-22,19-10-5-2-6-11-19)14-7-15-27-24(30)31-17-18-8-3-1-4-9-18/h1-6,8-13,16H,7,14-15,17H2,(H,27,30)(H,28,29)/t25-/m1/s1. The molecule has 5 nitrogen and oxygen atoms in total. The van der Waals surface area contributed by atoms with Crippen LogP contribution in [0.4, 0.5) is 10.5 Å². The first kappa shape index (κ1) is 20.9. The molecule has 2 amide bonds. The Kier molecular flexibility index (Phi) is 6.23. The lowest BCUT2D eigenvalue weighted by Gasteiger charge is -2.28. The Morgan fingerprint density at radius 1 is 1.00 bits per heavy atom. The molecule has 2 N–H and O–H groups in total. The summed E-state index contributed by atoms with van der Waals surface area (Å²) in [5.41, 5.74) is 2.62. The molecule has 3 aromatic carbocycles. The molecule has 6 heteroatoms. The van der Waals surface area contributed by atoms with Crippen LogP contribution in [0.5, 0.6) is 0 Å². The van der Waals surface area contributed by atoms with E-state index in [2.05, 4.69) is 10.6 Å². The van der Waals surface area contributed by atoms with Gasteiger partial charge in [-0.1, -0.05) is 72.3 Å². The van der Waals surface area contributed by atoms with Crippen molar-refractivity contribution in [2.75, 3.05) is 11.9 Å². The third kappa shape index (κ3) is 4.42. The fourth-order valence-electron chi connectivity index (χ4n) is 4.05. The van der Waals surface area contributed by atoms with Crippen LogP contribution in [0.15, 0.2) is 78.9 Å². The Morgan fingerprint density at radius 2 is 1.71 bits per heavy atom. The largest absolute Gasteiger partial charge is 0.445 e. The second-order valence-corrected chi connectivity index (χ2v) is 7.94. The first-order chi connectivity index (χ1) is 15.1. The lowest BCUT2D eigenvalue weighted by atomic mass is 9.72. The van der Waals surface area contributed by atoms with Crippen molar-refractivity contribution in [2.45, 2.75) is 24.9 Å². The molecule has 1 atom stereocenters. The van der Waals surface area contributed by atoms with Crippen molar-refractivity contribution in [3.05, 3.63) is 101 Å². The highest BCUT2D eigenvalue weighted by Crippen LogP contribution is 2.46. The van der Waals surface area contributed by atoms with Gasteiger partial charge >= 0.3 is 6.09 Å². The number of rotatable bonds is 7. The predicted molar refractivity (Wildman–Crippen MR) is 121 cm³/mol. The lowest BCUT2D eigenvalue weighted by molar-refractivity contribution is -0.119. The van der Waals surface area contributed by atoms with E-state index in [0.717, 1.165) is 22.4 Å². The molecule has 0 bridgehead atoms. The lowest BCUT2D eigenvalue weighted by Crippen LogP contribution is -2.37. The predicted octanol–water partition coefficient (Wildman–Crippen LogP) is 5.28. The second-order valence-electron chi connectivity index (χ2n) is 7.51. The fourth-order valence-corrected chi connectivity index (χ4v) is 4.22. The van der Waals surface area contributed by atoms with E-state index in [4.69, 9.17) is 16.3 Å². The summed E-state index contributed by atoms with van der Waals surface area (Å²) in [5, 5.41) is 6.35. The van der Waals surface area contributed by atoms with E-state index >= 15 is 0 Å². The molecule has 0 radical (unpaired) electrons. The number of halogens is 1. The van der Waals surface area contributed by atoms with Gasteiger partial charge in [0.15, 0.2) is 0 Å². The molecule has 0 unspecified atom stereocenters. The molecule has 31 heavy (non-hydrogen) atoms. The number of carbonyl (C=O) groups is 2. The molecule has 0 spiro atoms. The van der Waals surface area contributed by atoms with E-state index in [1.165, 1.54) is 0 Å². The summed E-state index contributed by atoms with van der Waals surface area (Å²) in [6, 6.07) is 24.6. The van der Waals surface area contributed by atoms with Crippen LogP contribution in [0, 0.1) is 0 Å². The van der Waals surface area contributed by atoms with Crippen molar-refractivity contribution in [1.29, 1.82) is 0 Å². The number of hydrogen-bond donors (Lipinski definition) is 2. The van der Waals surface area contributed by atoms with Crippen LogP contribution in [0.25, 0.3) is 0 Å². The summed E-state index contributed by atoms with van der Waals surface area (Å²) in [6.07, 6.45) is 0.640. The van der Waals surface area contributed by atoms with E-state index in [1.807, 2.05) is 72.8 Å². The van der Waals surface area contributed by atoms with Gasteiger partial charge in [0.1, 0.15) is 12.0 Å². The molecule has 0 aliphatic carbocycles. The molecule has 4 rings (SSSR count). The van der Waals surface area contributed by atoms with Crippen LogP contribution in [-0.2, 0) is 21.6 Å². The number of fused-ring (bicyclic) bond motifs is 1. The van der Waals surface area contributed by atoms with Crippen LogP contribution in [0.1, 0.15) is 29.5 Å². The number of anilines is 1. The zero-order chi connectivity index (χ0) is 21.7. The molecule has 0 aromatic heterocycles. The minimum Gasteiger partial charge on any atom is -0.445 e. The molecule has 0 fully saturated rings. The summed E-state index contributed by atoms with van der Waals surface area (Å²) in [4.78, 5) is 25.2. The number of ether oxygens (including phenoxy) is 1. The van der Waals surface area contributed by atoms with Crippen molar-refractivity contribution >= 4 is 29.3 Å². The molecular weight excluding hydrogens is 412 g/mol. The van der Waals surface area contributed by atoms with E-state index in [9.17, 15) is 9.59 Å². The first-order valence-corrected chi connectivity index (χ1v) is 10.6. The van der Waals surface area contributed by atoms with E-state index in [1.54, 1.807) is 6.07 Å². The van der Waals surface area contributed by atoms with Gasteiger partial charge in [-0.15, -0.1) is 0 Å². The number of carbonyl (C=O) groups excluding carboxylic acids is 2. The van der Waals surface area contributed by atoms with Gasteiger partial charge in [0.05, 0.1) is 0 Å². The van der Waals surface area contributed by atoms with E-state index < -0.39 is 11.5 Å². The van der Waals surface area contributed by atoms with Crippen molar-refractivity contribution in [3.63, 3.8) is 0 Å². The average Bonchev–Trinajstić information content (AvgIpc) is 3.08. The topological polar surface area (TPSA) is 67.4 Å². The molecule has 1 aliphatic rings. The Morgan fingerprint density at radius 3 is 2.45 bits per heavy atom. The third-order valence-corrected chi connectivity index (χ3v) is 5.79. The van der Waals surface area contributed by atoms with Gasteiger partial charge in [0.2, 0.25) is 5.91 Å². The van der Waals surface area contributed by atoms with Gasteiger partial charge in [0, 0.05) is 17.3 Å². The molecule has 0 saturated carbocycles. The van der Waals surface area contributed by atoms with Crippen molar-refractivity contribution in [2.24, 2.45) is 0 Å². The van der Waals surface area contributed by atoms with Gasteiger partial charge in [-0.2, -0.15) is 0 Å². The van der Waals surface area contributed by atoms with Crippen molar-refractivity contribution in [3.8, 4) is 0 Å². The maximum Gasteiger partial charge on any atom is 0.407 e. The van der Waals surface area contributed by atoms with E-state index in [0.29, 0.717) is 24.4 Å². The average molecular weight is 435 g/mol. The van der Waals surface area contributed by atoms with Crippen LogP contribution in [0.2, 0.25) is 5.02 Å². The van der Waals surface area contributed by atoms with Crippen LogP contribution in [-0.4, -0.2) is 18.5 Å². The summed E-state index contributed by atoms with van der Waals surface area (Å²) in [6.45, 7) is 0.611. The zero-order valence-corrected chi connectivity index (χ0v) is 17.7. The number of nitrogens with one attached hydrogen (secondary N) is 2. The van der Waals surface area contributed by atoms with Gasteiger partial charge in [-0.25, -0.2) is 4.79 Å². The molecule has 0 saturated heterocycles. The van der Waals surface area contributed by atoms with E-state index in [-0.39, 0.29) is 12.5 Å². The first-order valence-electron chi connectivity index (χ1n) is 10.2. The maximum absolute atomic E-state index is 13.2. The van der Waals surface area contributed by atoms with Crippen LogP contribution in [0.3, 0.4) is 0 Å². The summed E-state index contributed by atoms with van der Waals surface area (Å²) in [5.74, 6) is -0.0809. The highest BCUT2D eigenvalue weighted by molar-refractivity contribution is 6.31. The minimum atomic E-state index is -0.850. The highest BCUT2D eigenvalue weighted by Gasteiger charge is 2.47. The monoisotopic (exact) mass is 434 g/mol. The van der Waals surface area contributed by atoms with Gasteiger partial charge < -0.3 is 15.4 Å². The molecule has 1 heterocycles. The number of hydrogen-bond acceptors (Lipinski definition) is 3. The fraction of sp³-hybridized carbons (Fsp3) is 0.200. The summed E-state index contributed by atoms with van der Waals surface area (Å²) < 4.78 is 5.26. The number of benzene rings is 3. The van der Waals surface area contributed by atoms with Gasteiger partial charge in [-0.05, 0) is 47.7 Å². The van der Waals surface area contributed by atoms with Gasteiger partial charge in [-0.3, -0.25) is 4.79 Å². The molecular formula is C25H23ClN2O3. The smallest absolute Gasteiger partial charge is 0.407 e. The number of alkyl carbamates (subject to hydrolysis) is 1. The normalized spacial score (nSPS) is 17.0. The zero-order valence-electron chi connectivity index (χ0n) is 16.9. The summed E-state index contributed by atoms with van der Waals surface area (Å²) in [7, 11) is 0. The maximum atomic E-state index is 13.2. The Balaban J connectivity index is 1.44. The van der Waals surface area contributed by atoms with Crippen molar-refractivity contribution < 1.29 is 14.3 Å². The third-order valence-electron chi connectivity index (χ3n) is 5.55. The number of amides is 2. The SMILES string of the molecule is O=C(NCCC[C@]1(c2ccccc2)C(=O)Nc2ccc(Cl)cc21)OCc1ccccc1. The van der Waals surface area contributed by atoms with Crippen LogP contribution < -0.4 is 10.6 Å². The van der Waals surface area contributed by atoms with Gasteiger partial charge in [0.25, 0.3) is 0 Å². The quantitative estimate of drug-likeness (QED) is 0.497. The van der Waals surface area contributed by atoms with Crippen LogP contribution >= 0.6 is 11.6 Å². The molecule has 3 aromatic rings. The highest BCUT2D eigenvalue weighted by atomic mass is 35.5. The second kappa shape index (κ2) is 9.23. The van der Waals surface area contributed by atoms with Crippen molar-refractivity contribution in [1.82, 2.24) is 5.32 Å². The Labute approximate surface area is 186 Å². The Hall–Kier alpha value is -3.31. The molecule has 1 aliphatic heterocycles. The Bertz CT molecular complexity index is 1070. The molecule has 158 valence electrons.